The molecule has 1 fully saturated rings. The summed E-state index contributed by atoms with van der Waals surface area (Å²) >= 11 is 0. The minimum atomic E-state index is -3.84. The van der Waals surface area contributed by atoms with Gasteiger partial charge in [0.1, 0.15) is 17.9 Å². The van der Waals surface area contributed by atoms with Crippen molar-refractivity contribution in [3.05, 3.63) is 30.3 Å². The molecule has 154 valence electrons. The second-order valence-corrected chi connectivity index (χ2v) is 8.34. The smallest absolute Gasteiger partial charge is 0.328 e. The Hall–Kier alpha value is -2.30. The van der Waals surface area contributed by atoms with Crippen molar-refractivity contribution in [1.82, 2.24) is 9.62 Å². The molecule has 0 saturated carbocycles. The van der Waals surface area contributed by atoms with E-state index in [1.807, 2.05) is 0 Å². The second-order valence-electron chi connectivity index (χ2n) is 6.45. The Morgan fingerprint density at radius 2 is 1.96 bits per heavy atom. The van der Waals surface area contributed by atoms with Gasteiger partial charge in [0.05, 0.1) is 18.6 Å². The van der Waals surface area contributed by atoms with Gasteiger partial charge in [-0.2, -0.15) is 4.31 Å². The highest BCUT2D eigenvalue weighted by Crippen LogP contribution is 2.26. The average molecular weight is 411 g/mol. The number of ether oxygens (including phenoxy) is 1. The van der Waals surface area contributed by atoms with Crippen LogP contribution < -0.4 is 11.1 Å². The van der Waals surface area contributed by atoms with Crippen LogP contribution in [0.25, 0.3) is 0 Å². The molecule has 0 radical (unpaired) electrons. The van der Waals surface area contributed by atoms with Gasteiger partial charge in [-0.1, -0.05) is 18.2 Å². The van der Waals surface area contributed by atoms with Gasteiger partial charge >= 0.3 is 5.97 Å². The number of hydrogen-bond acceptors (Lipinski definition) is 7. The molecule has 1 aromatic rings. The number of amides is 1. The maximum Gasteiger partial charge on any atom is 0.328 e. The molecule has 3 N–H and O–H groups in total. The molecule has 0 unspecified atom stereocenters. The summed E-state index contributed by atoms with van der Waals surface area (Å²) in [5, 5.41) is 2.53. The fraction of sp³-hybridized carbons (Fsp3) is 0.500. The Kier molecular flexibility index (Phi) is 7.67. The van der Waals surface area contributed by atoms with E-state index in [9.17, 15) is 22.8 Å². The third-order valence-corrected chi connectivity index (χ3v) is 6.52. The predicted molar refractivity (Wildman–Crippen MR) is 101 cm³/mol. The van der Waals surface area contributed by atoms with Crippen LogP contribution in [0, 0.1) is 0 Å². The number of hydrogen-bond donors (Lipinski definition) is 2. The van der Waals surface area contributed by atoms with Crippen LogP contribution in [-0.2, 0) is 29.1 Å². The van der Waals surface area contributed by atoms with E-state index in [1.54, 1.807) is 18.2 Å². The van der Waals surface area contributed by atoms with Gasteiger partial charge in [0.2, 0.25) is 15.9 Å². The minimum absolute atomic E-state index is 0.00718. The molecule has 2 atom stereocenters. The number of Topliss-reactive ketones (excluding diaryl/α,β-unsaturated/α-hetero) is 1. The minimum Gasteiger partial charge on any atom is -0.467 e. The third-order valence-electron chi connectivity index (χ3n) is 4.60. The zero-order valence-corrected chi connectivity index (χ0v) is 16.5. The van der Waals surface area contributed by atoms with Gasteiger partial charge in [-0.25, -0.2) is 13.2 Å². The Bertz CT molecular complexity index is 812. The fourth-order valence-electron chi connectivity index (χ4n) is 3.08. The molecule has 0 aromatic heterocycles. The quantitative estimate of drug-likeness (QED) is 0.537. The second kappa shape index (κ2) is 9.76. The lowest BCUT2D eigenvalue weighted by atomic mass is 10.1. The van der Waals surface area contributed by atoms with E-state index in [2.05, 4.69) is 10.1 Å². The van der Waals surface area contributed by atoms with Crippen LogP contribution in [-0.4, -0.2) is 62.7 Å². The molecule has 1 saturated heterocycles. The van der Waals surface area contributed by atoms with E-state index in [-0.39, 0.29) is 36.6 Å². The first-order valence-corrected chi connectivity index (χ1v) is 10.4. The van der Waals surface area contributed by atoms with Crippen molar-refractivity contribution in [3.63, 3.8) is 0 Å². The Labute approximate surface area is 164 Å². The first-order valence-electron chi connectivity index (χ1n) is 8.98. The number of carbonyl (C=O) groups excluding carboxylic acids is 3. The molecule has 1 aliphatic rings. The lowest BCUT2D eigenvalue weighted by molar-refractivity contribution is -0.145. The standard InChI is InChI=1S/C18H25N3O6S/c1-27-18(24)15(10-9-13(22)12-19)20-17(23)16-8-5-11-21(16)28(25,26)14-6-3-2-4-7-14/h2-4,6-7,15-16H,5,8-12,19H2,1H3,(H,20,23)/t15-,16-/m0/s1. The molecule has 0 spiro atoms. The number of nitrogens with two attached hydrogens (primary N) is 1. The molecule has 0 bridgehead atoms. The maximum atomic E-state index is 12.9. The lowest BCUT2D eigenvalue weighted by Gasteiger charge is -2.25. The largest absolute Gasteiger partial charge is 0.467 e. The summed E-state index contributed by atoms with van der Waals surface area (Å²) in [6.07, 6.45) is 0.909. The van der Waals surface area contributed by atoms with Crippen LogP contribution in [0.3, 0.4) is 0 Å². The monoisotopic (exact) mass is 411 g/mol. The normalized spacial score (nSPS) is 18.4. The summed E-state index contributed by atoms with van der Waals surface area (Å²) in [5.74, 6) is -1.54. The molecule has 0 aliphatic carbocycles. The summed E-state index contributed by atoms with van der Waals surface area (Å²) in [7, 11) is -2.66. The Balaban J connectivity index is 2.14. The summed E-state index contributed by atoms with van der Waals surface area (Å²) in [4.78, 5) is 36.2. The van der Waals surface area contributed by atoms with Crippen molar-refractivity contribution >= 4 is 27.7 Å². The molecular weight excluding hydrogens is 386 g/mol. The van der Waals surface area contributed by atoms with Gasteiger partial charge in [0, 0.05) is 13.0 Å². The lowest BCUT2D eigenvalue weighted by Crippen LogP contribution is -2.51. The van der Waals surface area contributed by atoms with Crippen molar-refractivity contribution in [2.24, 2.45) is 5.73 Å². The SMILES string of the molecule is COC(=O)[C@H](CCC(=O)CN)NC(=O)[C@@H]1CCCN1S(=O)(=O)c1ccccc1. The van der Waals surface area contributed by atoms with Gasteiger partial charge < -0.3 is 15.8 Å². The van der Waals surface area contributed by atoms with Crippen molar-refractivity contribution in [2.75, 3.05) is 20.2 Å². The molecule has 28 heavy (non-hydrogen) atoms. The summed E-state index contributed by atoms with van der Waals surface area (Å²) in [6, 6.07) is 5.89. The highest BCUT2D eigenvalue weighted by molar-refractivity contribution is 7.89. The fourth-order valence-corrected chi connectivity index (χ4v) is 4.76. The number of esters is 1. The van der Waals surface area contributed by atoms with Crippen LogP contribution in [0.4, 0.5) is 0 Å². The molecule has 10 heteroatoms. The molecule has 1 aromatic carbocycles. The summed E-state index contributed by atoms with van der Waals surface area (Å²) in [6.45, 7) is 0.0530. The molecule has 1 amide bonds. The Morgan fingerprint density at radius 1 is 1.29 bits per heavy atom. The Morgan fingerprint density at radius 3 is 2.57 bits per heavy atom. The predicted octanol–water partition coefficient (Wildman–Crippen LogP) is -0.194. The number of ketones is 1. The zero-order valence-electron chi connectivity index (χ0n) is 15.7. The number of sulfonamides is 1. The molecule has 1 aliphatic heterocycles. The van der Waals surface area contributed by atoms with E-state index < -0.39 is 34.0 Å². The van der Waals surface area contributed by atoms with E-state index in [1.165, 1.54) is 19.2 Å². The average Bonchev–Trinajstić information content (AvgIpc) is 3.21. The van der Waals surface area contributed by atoms with Crippen LogP contribution in [0.15, 0.2) is 35.2 Å². The van der Waals surface area contributed by atoms with Crippen molar-refractivity contribution in [3.8, 4) is 0 Å². The van der Waals surface area contributed by atoms with Gasteiger partial charge in [-0.05, 0) is 31.4 Å². The number of carbonyl (C=O) groups is 3. The maximum absolute atomic E-state index is 12.9. The van der Waals surface area contributed by atoms with E-state index >= 15 is 0 Å². The highest BCUT2D eigenvalue weighted by atomic mass is 32.2. The van der Waals surface area contributed by atoms with Crippen LogP contribution >= 0.6 is 0 Å². The first kappa shape index (κ1) is 22.0. The topological polar surface area (TPSA) is 136 Å². The number of rotatable bonds is 9. The molecule has 9 nitrogen and oxygen atoms in total. The molecule has 1 heterocycles. The first-order chi connectivity index (χ1) is 13.3. The third kappa shape index (κ3) is 5.15. The van der Waals surface area contributed by atoms with Crippen LogP contribution in [0.1, 0.15) is 25.7 Å². The van der Waals surface area contributed by atoms with E-state index in [0.29, 0.717) is 12.8 Å². The van der Waals surface area contributed by atoms with E-state index in [4.69, 9.17) is 5.73 Å². The summed E-state index contributed by atoms with van der Waals surface area (Å²) in [5.41, 5.74) is 5.26. The van der Waals surface area contributed by atoms with Crippen molar-refractivity contribution in [1.29, 1.82) is 0 Å². The molecular formula is C18H25N3O6S. The van der Waals surface area contributed by atoms with E-state index in [0.717, 1.165) is 4.31 Å². The van der Waals surface area contributed by atoms with Gasteiger partial charge in [0.15, 0.2) is 0 Å². The van der Waals surface area contributed by atoms with Gasteiger partial charge in [-0.3, -0.25) is 9.59 Å². The summed E-state index contributed by atoms with van der Waals surface area (Å²) < 4.78 is 31.6. The number of nitrogens with zero attached hydrogens (tertiary/aromatic N) is 1. The van der Waals surface area contributed by atoms with Gasteiger partial charge in [-0.15, -0.1) is 0 Å². The number of benzene rings is 1. The van der Waals surface area contributed by atoms with Crippen molar-refractivity contribution < 1.29 is 27.5 Å². The van der Waals surface area contributed by atoms with Crippen LogP contribution in [0.5, 0.6) is 0 Å². The number of methoxy groups -OCH3 is 1. The van der Waals surface area contributed by atoms with Gasteiger partial charge in [0.25, 0.3) is 0 Å². The molecule has 2 rings (SSSR count). The zero-order chi connectivity index (χ0) is 20.7. The number of nitrogens with one attached hydrogen (secondary N) is 1. The highest BCUT2D eigenvalue weighted by Gasteiger charge is 2.40. The van der Waals surface area contributed by atoms with Crippen LogP contribution in [0.2, 0.25) is 0 Å². The van der Waals surface area contributed by atoms with Crippen molar-refractivity contribution in [2.45, 2.75) is 42.7 Å².